The number of methoxy groups -OCH3 is 1. The molecule has 2 heterocycles. The van der Waals surface area contributed by atoms with Gasteiger partial charge in [0.1, 0.15) is 5.69 Å². The molecule has 0 radical (unpaired) electrons. The van der Waals surface area contributed by atoms with Crippen LogP contribution in [0.15, 0.2) is 29.5 Å². The van der Waals surface area contributed by atoms with Gasteiger partial charge in [-0.1, -0.05) is 11.8 Å². The van der Waals surface area contributed by atoms with Gasteiger partial charge in [0.2, 0.25) is 5.88 Å². The van der Waals surface area contributed by atoms with Crippen molar-refractivity contribution in [1.29, 1.82) is 0 Å². The number of ether oxygens (including phenoxy) is 2. The van der Waals surface area contributed by atoms with E-state index < -0.39 is 34.8 Å². The Morgan fingerprint density at radius 3 is 2.61 bits per heavy atom. The average Bonchev–Trinajstić information content (AvgIpc) is 3.69. The topological polar surface area (TPSA) is 99.7 Å². The van der Waals surface area contributed by atoms with Gasteiger partial charge in [0.25, 0.3) is 5.92 Å². The van der Waals surface area contributed by atoms with Crippen LogP contribution in [0.1, 0.15) is 41.4 Å². The third-order valence-corrected chi connectivity index (χ3v) is 8.32. The molecule has 0 amide bonds. The highest BCUT2D eigenvalue weighted by molar-refractivity contribution is 8.15. The molecule has 2 aliphatic carbocycles. The highest BCUT2D eigenvalue weighted by atomic mass is 32.2. The number of alkyl halides is 2. The normalized spacial score (nSPS) is 29.8. The lowest BCUT2D eigenvalue weighted by atomic mass is 9.84. The molecule has 1 unspecified atom stereocenters. The summed E-state index contributed by atoms with van der Waals surface area (Å²) in [5.74, 6) is -6.24. The number of nitrogens with zero attached hydrogens (tertiary/aromatic N) is 3. The molecule has 0 bridgehead atoms. The Kier molecular flexibility index (Phi) is 6.02. The Hall–Kier alpha value is -2.73. The summed E-state index contributed by atoms with van der Waals surface area (Å²) in [6.07, 6.45) is 2.53. The maximum atomic E-state index is 15.0. The minimum Gasteiger partial charge on any atom is -0.476 e. The zero-order chi connectivity index (χ0) is 25.9. The van der Waals surface area contributed by atoms with Crippen molar-refractivity contribution in [2.45, 2.75) is 42.4 Å². The Bertz CT molecular complexity index is 1240. The van der Waals surface area contributed by atoms with Crippen molar-refractivity contribution >= 4 is 22.7 Å². The summed E-state index contributed by atoms with van der Waals surface area (Å²) in [5, 5.41) is 0.271. The van der Waals surface area contributed by atoms with E-state index in [9.17, 15) is 18.0 Å². The molecule has 2 saturated carbocycles. The van der Waals surface area contributed by atoms with E-state index in [4.69, 9.17) is 15.2 Å². The highest BCUT2D eigenvalue weighted by Gasteiger charge is 2.66. The van der Waals surface area contributed by atoms with Gasteiger partial charge < -0.3 is 15.2 Å². The van der Waals surface area contributed by atoms with Crippen LogP contribution in [-0.2, 0) is 16.7 Å². The number of ketones is 1. The summed E-state index contributed by atoms with van der Waals surface area (Å²) in [6, 6.07) is 2.42. The number of hydrogen-bond acceptors (Lipinski definition) is 8. The van der Waals surface area contributed by atoms with Crippen LogP contribution >= 0.6 is 11.8 Å². The predicted molar refractivity (Wildman–Crippen MR) is 124 cm³/mol. The molecule has 7 nitrogen and oxygen atoms in total. The molecule has 2 N–H and O–H groups in total. The fourth-order valence-corrected chi connectivity index (χ4v) is 6.34. The van der Waals surface area contributed by atoms with E-state index in [1.165, 1.54) is 24.0 Å². The molecule has 1 aliphatic heterocycles. The number of carbonyl (C=O) groups is 1. The van der Waals surface area contributed by atoms with Crippen molar-refractivity contribution in [2.24, 2.45) is 22.6 Å². The molecule has 2 fully saturated rings. The first-order chi connectivity index (χ1) is 17.0. The summed E-state index contributed by atoms with van der Waals surface area (Å²) in [4.78, 5) is 25.2. The van der Waals surface area contributed by atoms with Gasteiger partial charge in [0, 0.05) is 31.4 Å². The molecule has 36 heavy (non-hydrogen) atoms. The van der Waals surface area contributed by atoms with Crippen LogP contribution in [-0.4, -0.2) is 51.9 Å². The highest BCUT2D eigenvalue weighted by Crippen LogP contribution is 2.66. The number of aliphatic imine (C=N–C) groups is 1. The molecular formula is C24H24F4N4O3S. The monoisotopic (exact) mass is 524 g/mol. The molecule has 0 saturated heterocycles. The molecule has 5 rings (SSSR count). The molecule has 2 aromatic rings. The van der Waals surface area contributed by atoms with Crippen molar-refractivity contribution < 1.29 is 31.8 Å². The number of nitrogens with two attached hydrogens (primary N) is 1. The molecule has 3 aliphatic rings. The second kappa shape index (κ2) is 8.69. The van der Waals surface area contributed by atoms with Gasteiger partial charge >= 0.3 is 0 Å². The van der Waals surface area contributed by atoms with E-state index in [-0.39, 0.29) is 58.0 Å². The molecule has 0 spiro atoms. The number of halogens is 4. The second-order valence-electron chi connectivity index (χ2n) is 9.71. The van der Waals surface area contributed by atoms with Crippen LogP contribution in [0.5, 0.6) is 5.88 Å². The van der Waals surface area contributed by atoms with E-state index >= 15 is 4.39 Å². The summed E-state index contributed by atoms with van der Waals surface area (Å²) >= 11 is 1.39. The summed E-state index contributed by atoms with van der Waals surface area (Å²) in [7, 11) is 1.57. The number of benzene rings is 1. The number of fused-ring (bicyclic) bond motifs is 1. The van der Waals surface area contributed by atoms with E-state index in [1.54, 1.807) is 14.0 Å². The van der Waals surface area contributed by atoms with E-state index in [1.807, 2.05) is 0 Å². The smallest absolute Gasteiger partial charge is 0.255 e. The van der Waals surface area contributed by atoms with Crippen LogP contribution < -0.4 is 10.5 Å². The maximum Gasteiger partial charge on any atom is 0.255 e. The molecule has 1 aromatic carbocycles. The number of Topliss-reactive ketones (excluding diaryl/α,β-unsaturated/α-hetero) is 1. The lowest BCUT2D eigenvalue weighted by molar-refractivity contribution is 0.0849. The SMILES string of the molecule is COC[C@]12C[C@H]1[C@@](C)(c1cc(CC(=O)c3cnc(OCC4CC4(F)F)cn3)cc(F)c1F)N=C(N)S2. The largest absolute Gasteiger partial charge is 0.476 e. The number of hydrogen-bond donors (Lipinski definition) is 1. The zero-order valence-electron chi connectivity index (χ0n) is 19.6. The molecule has 12 heteroatoms. The zero-order valence-corrected chi connectivity index (χ0v) is 20.4. The number of aromatic nitrogens is 2. The van der Waals surface area contributed by atoms with Gasteiger partial charge in [-0.25, -0.2) is 27.5 Å². The first-order valence-electron chi connectivity index (χ1n) is 11.3. The number of thioether (sulfide) groups is 1. The Labute approximate surface area is 208 Å². The lowest BCUT2D eigenvalue weighted by Gasteiger charge is -2.34. The fraction of sp³-hybridized carbons (Fsp3) is 0.500. The van der Waals surface area contributed by atoms with Crippen LogP contribution in [0.3, 0.4) is 0 Å². The summed E-state index contributed by atoms with van der Waals surface area (Å²) < 4.78 is 65.8. The Morgan fingerprint density at radius 2 is 1.97 bits per heavy atom. The Balaban J connectivity index is 1.33. The van der Waals surface area contributed by atoms with Gasteiger partial charge in [-0.3, -0.25) is 9.79 Å². The van der Waals surface area contributed by atoms with Gasteiger partial charge in [-0.15, -0.1) is 0 Å². The third kappa shape index (κ3) is 4.45. The minimum atomic E-state index is -2.71. The van der Waals surface area contributed by atoms with Crippen molar-refractivity contribution in [3.8, 4) is 5.88 Å². The van der Waals surface area contributed by atoms with E-state index in [0.717, 1.165) is 12.3 Å². The number of amidine groups is 1. The molecule has 192 valence electrons. The Morgan fingerprint density at radius 1 is 1.22 bits per heavy atom. The standard InChI is InChI=1S/C24H24F4N4O3S/c1-22(18-7-23(18,11-34-2)36-21(29)32-22)14-3-12(4-15(25)20(14)26)5-17(33)16-8-31-19(9-30-16)35-10-13-6-24(13,27)28/h3-4,8-9,13,18H,5-7,10-11H2,1-2H3,(H2,29,32)/t13?,18-,22+,23+/m0/s1. The van der Waals surface area contributed by atoms with E-state index in [0.29, 0.717) is 13.0 Å². The third-order valence-electron chi connectivity index (χ3n) is 7.04. The second-order valence-corrected chi connectivity index (χ2v) is 11.1. The predicted octanol–water partition coefficient (Wildman–Crippen LogP) is 3.90. The van der Waals surface area contributed by atoms with Crippen molar-refractivity contribution in [3.63, 3.8) is 0 Å². The average molecular weight is 525 g/mol. The van der Waals surface area contributed by atoms with Gasteiger partial charge in [0.15, 0.2) is 22.6 Å². The van der Waals surface area contributed by atoms with Gasteiger partial charge in [0.05, 0.1) is 41.8 Å². The van der Waals surface area contributed by atoms with Crippen molar-refractivity contribution in [1.82, 2.24) is 9.97 Å². The fourth-order valence-electron chi connectivity index (χ4n) is 4.89. The van der Waals surface area contributed by atoms with Crippen LogP contribution in [0.4, 0.5) is 17.6 Å². The van der Waals surface area contributed by atoms with Crippen LogP contribution in [0.25, 0.3) is 0 Å². The van der Waals surface area contributed by atoms with Gasteiger partial charge in [-0.05, 0) is 31.0 Å². The molecule has 4 atom stereocenters. The van der Waals surface area contributed by atoms with Crippen molar-refractivity contribution in [3.05, 3.63) is 53.0 Å². The first-order valence-corrected chi connectivity index (χ1v) is 12.2. The quantitative estimate of drug-likeness (QED) is 0.392. The lowest BCUT2D eigenvalue weighted by Crippen LogP contribution is -2.38. The number of rotatable bonds is 9. The van der Waals surface area contributed by atoms with Crippen molar-refractivity contribution in [2.75, 3.05) is 20.3 Å². The van der Waals surface area contributed by atoms with Crippen LogP contribution in [0.2, 0.25) is 0 Å². The van der Waals surface area contributed by atoms with E-state index in [2.05, 4.69) is 15.0 Å². The maximum absolute atomic E-state index is 15.0. The summed E-state index contributed by atoms with van der Waals surface area (Å²) in [5.41, 5.74) is 5.20. The minimum absolute atomic E-state index is 0.0192. The number of carbonyl (C=O) groups excluding carboxylic acids is 1. The summed E-state index contributed by atoms with van der Waals surface area (Å²) in [6.45, 7) is 1.92. The van der Waals surface area contributed by atoms with Crippen LogP contribution in [0, 0.1) is 23.5 Å². The molecular weight excluding hydrogens is 500 g/mol. The first kappa shape index (κ1) is 24.9. The molecule has 1 aromatic heterocycles. The van der Waals surface area contributed by atoms with Gasteiger partial charge in [-0.2, -0.15) is 0 Å².